The number of hydrogen-bond donors (Lipinski definition) is 0. The number of hydrogen-bond acceptors (Lipinski definition) is 0. The topological polar surface area (TPSA) is 0 Å². The predicted molar refractivity (Wildman–Crippen MR) is 79.8 cm³/mol. The molecule has 0 saturated carbocycles. The van der Waals surface area contributed by atoms with E-state index >= 15 is 0 Å². The van der Waals surface area contributed by atoms with Crippen LogP contribution in [0.2, 0.25) is 0 Å². The Morgan fingerprint density at radius 1 is 0.300 bits per heavy atom. The molecule has 0 spiro atoms. The Balaban J connectivity index is 0. The average molecular weight is 374 g/mol. The van der Waals surface area contributed by atoms with Crippen LogP contribution in [-0.2, 0) is 0 Å². The standard InChI is InChI=1S/7Ca.3Mg.20H/q10*+2;20*-1. The van der Waals surface area contributed by atoms with E-state index in [-0.39, 0.29) is 362 Å². The summed E-state index contributed by atoms with van der Waals surface area (Å²) in [6.07, 6.45) is 0. The van der Waals surface area contributed by atoms with Gasteiger partial charge in [-0.25, -0.2) is 0 Å². The van der Waals surface area contributed by atoms with Crippen LogP contribution in [0.1, 0.15) is 28.5 Å². The molecule has 0 bridgehead atoms. The summed E-state index contributed by atoms with van der Waals surface area (Å²) in [7, 11) is 0. The fraction of sp³-hybridized carbons (Fsp3) is 0. The average Bonchev–Trinajstić information content (AvgIpc) is 0. The molecule has 0 aliphatic heterocycles. The Kier molecular flexibility index (Phi) is 411. The van der Waals surface area contributed by atoms with Gasteiger partial charge in [-0.05, 0) is 0 Å². The van der Waals surface area contributed by atoms with Crippen molar-refractivity contribution in [3.05, 3.63) is 0 Å². The normalized spacial score (nSPS) is 0. The van der Waals surface area contributed by atoms with Crippen molar-refractivity contribution in [1.82, 2.24) is 0 Å². The van der Waals surface area contributed by atoms with Crippen LogP contribution in [0, 0.1) is 0 Å². The quantitative estimate of drug-likeness (QED) is 0.451. The van der Waals surface area contributed by atoms with Gasteiger partial charge in [0.1, 0.15) is 0 Å². The first-order valence-electron chi connectivity index (χ1n) is 0. The Hall–Kier alpha value is 11.1. The van der Waals surface area contributed by atoms with Crippen LogP contribution >= 0.6 is 0 Å². The molecule has 0 saturated heterocycles. The van der Waals surface area contributed by atoms with Gasteiger partial charge >= 0.3 is 333 Å². The van der Waals surface area contributed by atoms with Gasteiger partial charge in [0, 0.05) is 0 Å². The largest absolute Gasteiger partial charge is 2.00 e. The first-order chi connectivity index (χ1) is 0. The van der Waals surface area contributed by atoms with Crippen LogP contribution in [0.5, 0.6) is 0 Å². The molecule has 0 radical (unpaired) electrons. The monoisotopic (exact) mass is 372 g/mol. The summed E-state index contributed by atoms with van der Waals surface area (Å²) in [4.78, 5) is 0. The second kappa shape index (κ2) is 59.5. The van der Waals surface area contributed by atoms with E-state index in [1.807, 2.05) is 0 Å². The zero-order chi connectivity index (χ0) is 0. The van der Waals surface area contributed by atoms with Gasteiger partial charge in [-0.3, -0.25) is 0 Å². The van der Waals surface area contributed by atoms with E-state index in [0.29, 0.717) is 0 Å². The number of rotatable bonds is 0. The first kappa shape index (κ1) is 69.1. The third-order valence-electron chi connectivity index (χ3n) is 0. The van der Waals surface area contributed by atoms with Gasteiger partial charge in [0.2, 0.25) is 0 Å². The van der Waals surface area contributed by atoms with Crippen LogP contribution in [-0.4, -0.2) is 333 Å². The van der Waals surface area contributed by atoms with E-state index in [0.717, 1.165) is 0 Å². The minimum absolute atomic E-state index is 0. The van der Waals surface area contributed by atoms with E-state index < -0.39 is 0 Å². The van der Waals surface area contributed by atoms with E-state index in [9.17, 15) is 0 Å². The summed E-state index contributed by atoms with van der Waals surface area (Å²) >= 11 is 0. The molecule has 10 heteroatoms. The van der Waals surface area contributed by atoms with Crippen LogP contribution in [0.4, 0.5) is 0 Å². The van der Waals surface area contributed by atoms with Gasteiger partial charge in [0.15, 0.2) is 0 Å². The van der Waals surface area contributed by atoms with Crippen molar-refractivity contribution in [1.29, 1.82) is 0 Å². The van der Waals surface area contributed by atoms with Crippen molar-refractivity contribution in [2.75, 3.05) is 0 Å². The Morgan fingerprint density at radius 2 is 0.300 bits per heavy atom. The van der Waals surface area contributed by atoms with Crippen molar-refractivity contribution >= 4 is 333 Å². The molecule has 0 aromatic rings. The van der Waals surface area contributed by atoms with E-state index in [2.05, 4.69) is 0 Å². The zero-order valence-electron chi connectivity index (χ0n) is 27.1. The molecule has 0 atom stereocenters. The Labute approximate surface area is 351 Å². The van der Waals surface area contributed by atoms with Gasteiger partial charge < -0.3 is 28.5 Å². The van der Waals surface area contributed by atoms with E-state index in [1.165, 1.54) is 0 Å². The van der Waals surface area contributed by atoms with Gasteiger partial charge in [-0.1, -0.05) is 0 Å². The first-order valence-corrected chi connectivity index (χ1v) is 0. The van der Waals surface area contributed by atoms with Crippen LogP contribution in [0.25, 0.3) is 0 Å². The van der Waals surface area contributed by atoms with E-state index in [1.54, 1.807) is 0 Å². The molecule has 40 valence electrons. The molecule has 0 aromatic heterocycles. The maximum Gasteiger partial charge on any atom is 2.00 e. The fourth-order valence-electron chi connectivity index (χ4n) is 0. The summed E-state index contributed by atoms with van der Waals surface area (Å²) in [6.45, 7) is 0. The molecule has 0 N–H and O–H groups in total. The van der Waals surface area contributed by atoms with Crippen LogP contribution in [0.15, 0.2) is 0 Å². The maximum absolute atomic E-state index is 0. The second-order valence-corrected chi connectivity index (χ2v) is 0. The molecule has 0 rings (SSSR count). The van der Waals surface area contributed by atoms with Gasteiger partial charge in [0.25, 0.3) is 0 Å². The SMILES string of the molecule is [Ca+2].[Ca+2].[Ca+2].[Ca+2].[Ca+2].[Ca+2].[Ca+2].[H-].[H-].[H-].[H-].[H-].[H-].[H-].[H-].[H-].[H-].[H-].[H-].[H-].[H-].[H-].[H-].[H-].[H-].[H-].[H-].[Mg+2].[Mg+2].[Mg+2]. The summed E-state index contributed by atoms with van der Waals surface area (Å²) in [6, 6.07) is 0. The van der Waals surface area contributed by atoms with Crippen molar-refractivity contribution in [3.63, 3.8) is 0 Å². The molecular formula is H20Ca7Mg3. The Morgan fingerprint density at radius 3 is 0.300 bits per heavy atom. The molecule has 0 amide bonds. The minimum Gasteiger partial charge on any atom is -1.00 e. The van der Waals surface area contributed by atoms with Gasteiger partial charge in [-0.2, -0.15) is 0 Å². The summed E-state index contributed by atoms with van der Waals surface area (Å²) in [5, 5.41) is 0. The molecule has 0 unspecified atom stereocenters. The maximum atomic E-state index is 0. The molecule has 0 aliphatic carbocycles. The molecule has 10 heavy (non-hydrogen) atoms. The fourth-order valence-corrected chi connectivity index (χ4v) is 0. The van der Waals surface area contributed by atoms with Gasteiger partial charge in [-0.15, -0.1) is 0 Å². The van der Waals surface area contributed by atoms with Crippen LogP contribution in [0.3, 0.4) is 0 Å². The molecule has 0 aromatic carbocycles. The van der Waals surface area contributed by atoms with Crippen LogP contribution < -0.4 is 0 Å². The molecule has 0 heterocycles. The Bertz CT molecular complexity index is 36.4. The second-order valence-electron chi connectivity index (χ2n) is 0. The molecule has 0 fully saturated rings. The smallest absolute Gasteiger partial charge is 1.00 e. The third kappa shape index (κ3) is 50.8. The molecular weight excluding hydrogens is 353 g/mol. The minimum atomic E-state index is 0. The van der Waals surface area contributed by atoms with Crippen molar-refractivity contribution in [2.24, 2.45) is 0 Å². The zero-order valence-corrected chi connectivity index (χ0v) is 26.8. The summed E-state index contributed by atoms with van der Waals surface area (Å²) in [5.41, 5.74) is 0. The van der Waals surface area contributed by atoms with Crippen molar-refractivity contribution in [3.8, 4) is 0 Å². The van der Waals surface area contributed by atoms with Crippen molar-refractivity contribution in [2.45, 2.75) is 0 Å². The summed E-state index contributed by atoms with van der Waals surface area (Å²) < 4.78 is 0. The third-order valence-corrected chi connectivity index (χ3v) is 0. The van der Waals surface area contributed by atoms with E-state index in [4.69, 9.17) is 0 Å². The van der Waals surface area contributed by atoms with Gasteiger partial charge in [0.05, 0.1) is 0 Å². The summed E-state index contributed by atoms with van der Waals surface area (Å²) in [5.74, 6) is 0. The molecule has 0 aliphatic rings. The van der Waals surface area contributed by atoms with Crippen molar-refractivity contribution < 1.29 is 28.5 Å². The molecule has 0 nitrogen and oxygen atoms in total. The predicted octanol–water partition coefficient (Wildman–Crippen LogP) is -1.56.